The average molecular weight is 398 g/mol. The second kappa shape index (κ2) is 8.37. The molecule has 0 radical (unpaired) electrons. The Bertz CT molecular complexity index is 876. The third-order valence-corrected chi connectivity index (χ3v) is 5.32. The van der Waals surface area contributed by atoms with E-state index in [0.717, 1.165) is 31.7 Å². The highest BCUT2D eigenvalue weighted by Gasteiger charge is 2.32. The van der Waals surface area contributed by atoms with Gasteiger partial charge in [0, 0.05) is 36.3 Å². The summed E-state index contributed by atoms with van der Waals surface area (Å²) in [7, 11) is 0. The standard InChI is InChI=1S/C22H31N5O2/c1-14(2)29-16-7-8-18(23)17(10-16)21(24)19-11-20(26-13-25-19)27-9-5-6-15(12-27)22(3,4)28/h7-8,10-11,13-15,24,28H,5-6,9,12,23H2,1-4H3. The van der Waals surface area contributed by atoms with Gasteiger partial charge in [0.05, 0.1) is 23.1 Å². The SMILES string of the molecule is CC(C)Oc1ccc(N)c(C(=N)c2cc(N3CCCC(C(C)(C)O)C3)ncn2)c1. The summed E-state index contributed by atoms with van der Waals surface area (Å²) < 4.78 is 5.74. The third-order valence-electron chi connectivity index (χ3n) is 5.32. The normalized spacial score (nSPS) is 17.4. The molecule has 1 atom stereocenters. The van der Waals surface area contributed by atoms with E-state index >= 15 is 0 Å². The Balaban J connectivity index is 1.85. The zero-order valence-electron chi connectivity index (χ0n) is 17.6. The molecule has 0 bridgehead atoms. The van der Waals surface area contributed by atoms with Crippen LogP contribution in [0.1, 0.15) is 51.8 Å². The van der Waals surface area contributed by atoms with Gasteiger partial charge in [-0.05, 0) is 58.7 Å². The molecule has 1 fully saturated rings. The first-order valence-electron chi connectivity index (χ1n) is 10.1. The zero-order valence-corrected chi connectivity index (χ0v) is 17.6. The number of rotatable bonds is 6. The minimum Gasteiger partial charge on any atom is -0.491 e. The Morgan fingerprint density at radius 2 is 2.07 bits per heavy atom. The quantitative estimate of drug-likeness (QED) is 0.510. The van der Waals surface area contributed by atoms with Crippen molar-refractivity contribution < 1.29 is 9.84 Å². The first-order chi connectivity index (χ1) is 13.6. The van der Waals surface area contributed by atoms with Crippen LogP contribution >= 0.6 is 0 Å². The molecule has 29 heavy (non-hydrogen) atoms. The highest BCUT2D eigenvalue weighted by Crippen LogP contribution is 2.30. The van der Waals surface area contributed by atoms with Gasteiger partial charge in [0.25, 0.3) is 0 Å². The number of ether oxygens (including phenoxy) is 1. The number of hydrogen-bond donors (Lipinski definition) is 3. The summed E-state index contributed by atoms with van der Waals surface area (Å²) in [5.74, 6) is 1.61. The van der Waals surface area contributed by atoms with Crippen LogP contribution in [0.4, 0.5) is 11.5 Å². The predicted octanol–water partition coefficient (Wildman–Crippen LogP) is 3.25. The van der Waals surface area contributed by atoms with E-state index in [-0.39, 0.29) is 17.7 Å². The molecule has 156 valence electrons. The second-order valence-corrected chi connectivity index (χ2v) is 8.49. The molecule has 0 saturated carbocycles. The molecule has 0 spiro atoms. The van der Waals surface area contributed by atoms with E-state index in [1.807, 2.05) is 39.8 Å². The van der Waals surface area contributed by atoms with Gasteiger partial charge in [-0.3, -0.25) is 5.41 Å². The lowest BCUT2D eigenvalue weighted by Gasteiger charge is -2.39. The number of piperidine rings is 1. The van der Waals surface area contributed by atoms with Crippen molar-refractivity contribution in [3.63, 3.8) is 0 Å². The molecule has 2 heterocycles. The molecule has 1 aliphatic rings. The Hall–Kier alpha value is -2.67. The molecular formula is C22H31N5O2. The van der Waals surface area contributed by atoms with E-state index in [1.165, 1.54) is 6.33 Å². The summed E-state index contributed by atoms with van der Waals surface area (Å²) in [6.45, 7) is 9.23. The highest BCUT2D eigenvalue weighted by atomic mass is 16.5. The van der Waals surface area contributed by atoms with Crippen molar-refractivity contribution in [2.24, 2.45) is 5.92 Å². The average Bonchev–Trinajstić information content (AvgIpc) is 2.68. The molecule has 1 unspecified atom stereocenters. The van der Waals surface area contributed by atoms with Crippen LogP contribution in [0.25, 0.3) is 0 Å². The van der Waals surface area contributed by atoms with Crippen LogP contribution in [0.15, 0.2) is 30.6 Å². The van der Waals surface area contributed by atoms with Crippen molar-refractivity contribution in [2.75, 3.05) is 23.7 Å². The van der Waals surface area contributed by atoms with Crippen LogP contribution in [-0.4, -0.2) is 45.6 Å². The van der Waals surface area contributed by atoms with Crippen molar-refractivity contribution in [3.8, 4) is 5.75 Å². The van der Waals surface area contributed by atoms with Crippen molar-refractivity contribution in [1.82, 2.24) is 9.97 Å². The zero-order chi connectivity index (χ0) is 21.2. The van der Waals surface area contributed by atoms with Gasteiger partial charge in [-0.15, -0.1) is 0 Å². The topological polar surface area (TPSA) is 108 Å². The van der Waals surface area contributed by atoms with E-state index in [1.54, 1.807) is 12.1 Å². The Morgan fingerprint density at radius 3 is 2.76 bits per heavy atom. The number of nitrogens with zero attached hydrogens (tertiary/aromatic N) is 3. The fourth-order valence-electron chi connectivity index (χ4n) is 3.65. The molecule has 2 aromatic rings. The molecule has 4 N–H and O–H groups in total. The van der Waals surface area contributed by atoms with Gasteiger partial charge in [0.15, 0.2) is 0 Å². The molecule has 3 rings (SSSR count). The van der Waals surface area contributed by atoms with Gasteiger partial charge in [-0.2, -0.15) is 0 Å². The van der Waals surface area contributed by atoms with Gasteiger partial charge in [-0.1, -0.05) is 0 Å². The Kier molecular flexibility index (Phi) is 6.07. The van der Waals surface area contributed by atoms with Crippen LogP contribution in [-0.2, 0) is 0 Å². The van der Waals surface area contributed by atoms with Gasteiger partial charge >= 0.3 is 0 Å². The number of hydrogen-bond acceptors (Lipinski definition) is 7. The molecular weight excluding hydrogens is 366 g/mol. The number of nitrogen functional groups attached to an aromatic ring is 1. The molecule has 1 aromatic heterocycles. The fraction of sp³-hybridized carbons (Fsp3) is 0.500. The summed E-state index contributed by atoms with van der Waals surface area (Å²) in [6, 6.07) is 7.17. The van der Waals surface area contributed by atoms with Crippen LogP contribution in [0.2, 0.25) is 0 Å². The van der Waals surface area contributed by atoms with Crippen LogP contribution in [0, 0.1) is 11.3 Å². The summed E-state index contributed by atoms with van der Waals surface area (Å²) in [4.78, 5) is 10.9. The van der Waals surface area contributed by atoms with Gasteiger partial charge in [-0.25, -0.2) is 9.97 Å². The molecule has 1 aromatic carbocycles. The summed E-state index contributed by atoms with van der Waals surface area (Å²) in [5.41, 5.74) is 7.23. The maximum Gasteiger partial charge on any atom is 0.132 e. The third kappa shape index (κ3) is 5.03. The first-order valence-corrected chi connectivity index (χ1v) is 10.1. The summed E-state index contributed by atoms with van der Waals surface area (Å²) in [6.07, 6.45) is 3.51. The summed E-state index contributed by atoms with van der Waals surface area (Å²) in [5, 5.41) is 19.1. The van der Waals surface area contributed by atoms with Gasteiger partial charge in [0.1, 0.15) is 17.9 Å². The number of anilines is 2. The van der Waals surface area contributed by atoms with Crippen LogP contribution < -0.4 is 15.4 Å². The van der Waals surface area contributed by atoms with Crippen LogP contribution in [0.5, 0.6) is 5.75 Å². The first kappa shape index (κ1) is 21.0. The van der Waals surface area contributed by atoms with Gasteiger partial charge in [0.2, 0.25) is 0 Å². The number of benzene rings is 1. The van der Waals surface area contributed by atoms with E-state index in [2.05, 4.69) is 14.9 Å². The molecule has 0 aliphatic carbocycles. The minimum atomic E-state index is -0.730. The smallest absolute Gasteiger partial charge is 0.132 e. The highest BCUT2D eigenvalue weighted by molar-refractivity contribution is 6.13. The van der Waals surface area contributed by atoms with E-state index in [4.69, 9.17) is 15.9 Å². The largest absolute Gasteiger partial charge is 0.491 e. The lowest BCUT2D eigenvalue weighted by atomic mass is 9.84. The molecule has 7 heteroatoms. The lowest BCUT2D eigenvalue weighted by molar-refractivity contribution is 0.0109. The minimum absolute atomic E-state index is 0.0362. The van der Waals surface area contributed by atoms with Gasteiger partial charge < -0.3 is 20.5 Å². The van der Waals surface area contributed by atoms with Crippen molar-refractivity contribution in [3.05, 3.63) is 41.9 Å². The number of nitrogens with one attached hydrogen (secondary N) is 1. The maximum absolute atomic E-state index is 10.4. The fourth-order valence-corrected chi connectivity index (χ4v) is 3.65. The van der Waals surface area contributed by atoms with E-state index in [0.29, 0.717) is 22.7 Å². The number of aromatic nitrogens is 2. The number of nitrogens with two attached hydrogens (primary N) is 1. The molecule has 7 nitrogen and oxygen atoms in total. The second-order valence-electron chi connectivity index (χ2n) is 8.49. The van der Waals surface area contributed by atoms with Crippen molar-refractivity contribution >= 4 is 17.2 Å². The van der Waals surface area contributed by atoms with Crippen molar-refractivity contribution in [2.45, 2.75) is 52.2 Å². The Morgan fingerprint density at radius 1 is 1.31 bits per heavy atom. The lowest BCUT2D eigenvalue weighted by Crippen LogP contribution is -2.45. The molecule has 1 saturated heterocycles. The van der Waals surface area contributed by atoms with Crippen molar-refractivity contribution in [1.29, 1.82) is 5.41 Å². The molecule has 1 aliphatic heterocycles. The maximum atomic E-state index is 10.4. The Labute approximate surface area is 172 Å². The van der Waals surface area contributed by atoms with E-state index < -0.39 is 5.60 Å². The summed E-state index contributed by atoms with van der Waals surface area (Å²) >= 11 is 0. The predicted molar refractivity (Wildman–Crippen MR) is 116 cm³/mol. The van der Waals surface area contributed by atoms with Crippen LogP contribution in [0.3, 0.4) is 0 Å². The monoisotopic (exact) mass is 397 g/mol. The number of aliphatic hydroxyl groups is 1. The van der Waals surface area contributed by atoms with E-state index in [9.17, 15) is 5.11 Å². The molecule has 0 amide bonds.